The van der Waals surface area contributed by atoms with Crippen LogP contribution in [0.4, 0.5) is 17.5 Å². The smallest absolute Gasteiger partial charge is 0.227 e. The van der Waals surface area contributed by atoms with Crippen molar-refractivity contribution in [2.24, 2.45) is 5.73 Å². The number of fused-ring (bicyclic) bond motifs is 1. The maximum Gasteiger partial charge on any atom is 0.227 e. The lowest BCUT2D eigenvalue weighted by atomic mass is 9.92. The first kappa shape index (κ1) is 23.9. The molecular formula is C25H36N8O2. The summed E-state index contributed by atoms with van der Waals surface area (Å²) in [6, 6.07) is 8.94. The van der Waals surface area contributed by atoms with Gasteiger partial charge in [0.2, 0.25) is 5.95 Å². The molecule has 10 heteroatoms. The Morgan fingerprint density at radius 3 is 2.69 bits per heavy atom. The Bertz CT molecular complexity index is 1110. The quantitative estimate of drug-likeness (QED) is 0.365. The number of aryl methyl sites for hydroxylation is 1. The fraction of sp³-hybridized carbons (Fsp3) is 0.560. The van der Waals surface area contributed by atoms with Crippen molar-refractivity contribution in [2.75, 3.05) is 43.5 Å². The van der Waals surface area contributed by atoms with Crippen LogP contribution in [0.1, 0.15) is 37.7 Å². The summed E-state index contributed by atoms with van der Waals surface area (Å²) in [5, 5.41) is 16.4. The van der Waals surface area contributed by atoms with Gasteiger partial charge in [0.05, 0.1) is 19.5 Å². The van der Waals surface area contributed by atoms with E-state index in [4.69, 9.17) is 20.4 Å². The van der Waals surface area contributed by atoms with Gasteiger partial charge in [-0.15, -0.1) is 0 Å². The number of aromatic nitrogens is 4. The number of anilines is 3. The van der Waals surface area contributed by atoms with Crippen molar-refractivity contribution < 1.29 is 9.84 Å². The summed E-state index contributed by atoms with van der Waals surface area (Å²) in [5.41, 5.74) is 9.80. The molecule has 0 amide bonds. The normalized spacial score (nSPS) is 21.3. The number of hydrogen-bond donors (Lipinski definition) is 4. The van der Waals surface area contributed by atoms with Crippen LogP contribution < -0.4 is 16.4 Å². The van der Waals surface area contributed by atoms with Gasteiger partial charge in [-0.2, -0.15) is 9.97 Å². The van der Waals surface area contributed by atoms with E-state index in [2.05, 4.69) is 38.7 Å². The van der Waals surface area contributed by atoms with E-state index in [0.717, 1.165) is 75.4 Å². The van der Waals surface area contributed by atoms with Crippen LogP contribution in [0.3, 0.4) is 0 Å². The van der Waals surface area contributed by atoms with Crippen molar-refractivity contribution in [2.45, 2.75) is 57.3 Å². The van der Waals surface area contributed by atoms with Gasteiger partial charge < -0.3 is 30.8 Å². The average molecular weight is 481 g/mol. The lowest BCUT2D eigenvalue weighted by molar-refractivity contribution is 0.0343. The molecule has 2 fully saturated rings. The van der Waals surface area contributed by atoms with Crippen LogP contribution in [0.5, 0.6) is 0 Å². The Balaban J connectivity index is 1.44. The molecule has 188 valence electrons. The summed E-state index contributed by atoms with van der Waals surface area (Å²) in [6.45, 7) is 5.02. The van der Waals surface area contributed by atoms with Crippen molar-refractivity contribution in [1.82, 2.24) is 24.4 Å². The fourth-order valence-electron chi connectivity index (χ4n) is 4.85. The van der Waals surface area contributed by atoms with E-state index in [1.807, 2.05) is 10.6 Å². The number of morpholine rings is 1. The average Bonchev–Trinajstić information content (AvgIpc) is 3.29. The number of aliphatic hydroxyl groups excluding tert-OH is 1. The van der Waals surface area contributed by atoms with Gasteiger partial charge >= 0.3 is 0 Å². The van der Waals surface area contributed by atoms with Gasteiger partial charge in [-0.05, 0) is 43.7 Å². The molecular weight excluding hydrogens is 444 g/mol. The predicted molar refractivity (Wildman–Crippen MR) is 137 cm³/mol. The largest absolute Gasteiger partial charge is 0.396 e. The molecule has 5 N–H and O–H groups in total. The van der Waals surface area contributed by atoms with E-state index in [-0.39, 0.29) is 12.6 Å². The number of ether oxygens (including phenoxy) is 1. The predicted octanol–water partition coefficient (Wildman–Crippen LogP) is 2.47. The molecule has 1 aliphatic heterocycles. The highest BCUT2D eigenvalue weighted by Gasteiger charge is 2.21. The molecule has 0 bridgehead atoms. The monoisotopic (exact) mass is 480 g/mol. The van der Waals surface area contributed by atoms with E-state index in [1.54, 1.807) is 6.33 Å². The summed E-state index contributed by atoms with van der Waals surface area (Å²) in [4.78, 5) is 16.7. The third-order valence-electron chi connectivity index (χ3n) is 6.89. The van der Waals surface area contributed by atoms with E-state index >= 15 is 0 Å². The highest BCUT2D eigenvalue weighted by Crippen LogP contribution is 2.28. The lowest BCUT2D eigenvalue weighted by Gasteiger charge is -2.27. The molecule has 0 atom stereocenters. The zero-order valence-corrected chi connectivity index (χ0v) is 20.2. The Labute approximate surface area is 205 Å². The molecule has 10 nitrogen and oxygen atoms in total. The Hall–Kier alpha value is -2.79. The number of para-hydroxylation sites is 1. The third-order valence-corrected chi connectivity index (χ3v) is 6.89. The number of aliphatic hydroxyl groups is 1. The van der Waals surface area contributed by atoms with Gasteiger partial charge in [-0.3, -0.25) is 4.90 Å². The summed E-state index contributed by atoms with van der Waals surface area (Å²) < 4.78 is 7.49. The number of nitrogens with zero attached hydrogens (tertiary/aromatic N) is 5. The van der Waals surface area contributed by atoms with Crippen molar-refractivity contribution in [1.29, 1.82) is 0 Å². The van der Waals surface area contributed by atoms with E-state index in [0.29, 0.717) is 30.8 Å². The molecule has 1 saturated carbocycles. The minimum absolute atomic E-state index is 0.123. The van der Waals surface area contributed by atoms with Crippen LogP contribution >= 0.6 is 0 Å². The molecule has 1 aliphatic carbocycles. The van der Waals surface area contributed by atoms with Gasteiger partial charge in [0.15, 0.2) is 17.0 Å². The molecule has 1 aromatic carbocycles. The molecule has 0 radical (unpaired) electrons. The van der Waals surface area contributed by atoms with Crippen LogP contribution in [0.25, 0.3) is 11.2 Å². The third kappa shape index (κ3) is 5.90. The summed E-state index contributed by atoms with van der Waals surface area (Å²) >= 11 is 0. The van der Waals surface area contributed by atoms with E-state index in [9.17, 15) is 5.11 Å². The van der Waals surface area contributed by atoms with Gasteiger partial charge in [-0.25, -0.2) is 4.98 Å². The first-order valence-electron chi connectivity index (χ1n) is 12.7. The topological polar surface area (TPSA) is 126 Å². The summed E-state index contributed by atoms with van der Waals surface area (Å²) in [7, 11) is 0. The van der Waals surface area contributed by atoms with Gasteiger partial charge in [0.1, 0.15) is 0 Å². The first-order chi connectivity index (χ1) is 17.2. The maximum absolute atomic E-state index is 9.33. The van der Waals surface area contributed by atoms with Crippen LogP contribution in [-0.2, 0) is 17.8 Å². The van der Waals surface area contributed by atoms with Crippen molar-refractivity contribution in [3.8, 4) is 0 Å². The van der Waals surface area contributed by atoms with Crippen LogP contribution in [0, 0.1) is 0 Å². The lowest BCUT2D eigenvalue weighted by Crippen LogP contribution is -2.35. The second-order valence-corrected chi connectivity index (χ2v) is 9.51. The molecule has 2 aliphatic rings. The van der Waals surface area contributed by atoms with Gasteiger partial charge in [-0.1, -0.05) is 18.2 Å². The second kappa shape index (κ2) is 11.3. The number of benzene rings is 1. The molecule has 2 aromatic heterocycles. The highest BCUT2D eigenvalue weighted by atomic mass is 16.5. The number of rotatable bonds is 9. The molecule has 1 saturated heterocycles. The zero-order chi connectivity index (χ0) is 24.0. The maximum atomic E-state index is 9.33. The highest BCUT2D eigenvalue weighted by molar-refractivity contribution is 5.87. The minimum atomic E-state index is 0.123. The SMILES string of the molecule is NC1CCC(Nc2nc(Nc3ccccc3CN3CCOCC3)c3ncn(CCCO)c3n2)CC1. The standard InChI is InChI=1S/C25H36N8O2/c26-19-6-8-20(9-7-19)28-25-30-23(22-24(31-25)33(17-27-22)10-3-13-34)29-21-5-2-1-4-18(21)16-32-11-14-35-15-12-32/h1-2,4-5,17,19-20,34H,3,6-16,26H2,(H2,28,29,30,31). The van der Waals surface area contributed by atoms with Crippen molar-refractivity contribution in [3.63, 3.8) is 0 Å². The van der Waals surface area contributed by atoms with Gasteiger partial charge in [0, 0.05) is 50.6 Å². The van der Waals surface area contributed by atoms with Crippen LogP contribution in [-0.4, -0.2) is 74.5 Å². The van der Waals surface area contributed by atoms with Crippen LogP contribution in [0.2, 0.25) is 0 Å². The zero-order valence-electron chi connectivity index (χ0n) is 20.2. The van der Waals surface area contributed by atoms with E-state index in [1.165, 1.54) is 5.56 Å². The summed E-state index contributed by atoms with van der Waals surface area (Å²) in [6.07, 6.45) is 6.46. The Kier molecular flexibility index (Phi) is 7.72. The molecule has 3 aromatic rings. The number of nitrogens with one attached hydrogen (secondary N) is 2. The van der Waals surface area contributed by atoms with Crippen LogP contribution in [0.15, 0.2) is 30.6 Å². The Morgan fingerprint density at radius 1 is 1.09 bits per heavy atom. The van der Waals surface area contributed by atoms with Gasteiger partial charge in [0.25, 0.3) is 0 Å². The first-order valence-corrected chi connectivity index (χ1v) is 12.7. The number of hydrogen-bond acceptors (Lipinski definition) is 9. The molecule has 0 spiro atoms. The second-order valence-electron chi connectivity index (χ2n) is 9.51. The number of nitrogens with two attached hydrogens (primary N) is 1. The van der Waals surface area contributed by atoms with E-state index < -0.39 is 0 Å². The molecule has 5 rings (SSSR count). The fourth-order valence-corrected chi connectivity index (χ4v) is 4.85. The minimum Gasteiger partial charge on any atom is -0.396 e. The Morgan fingerprint density at radius 2 is 1.89 bits per heavy atom. The van der Waals surface area contributed by atoms with Crippen molar-refractivity contribution in [3.05, 3.63) is 36.2 Å². The molecule has 35 heavy (non-hydrogen) atoms. The molecule has 0 unspecified atom stereocenters. The van der Waals surface area contributed by atoms with Crippen molar-refractivity contribution >= 4 is 28.6 Å². The number of imidazole rings is 1. The summed E-state index contributed by atoms with van der Waals surface area (Å²) in [5.74, 6) is 1.28. The molecule has 3 heterocycles.